The molecule has 0 atom stereocenters. The van der Waals surface area contributed by atoms with E-state index in [0.29, 0.717) is 11.6 Å². The number of carbonyl (C=O) groups excluding carboxylic acids is 1. The third-order valence-electron chi connectivity index (χ3n) is 4.99. The molecule has 2 aliphatic rings. The lowest BCUT2D eigenvalue weighted by Gasteiger charge is -2.23. The molecule has 8 heteroatoms. The van der Waals surface area contributed by atoms with Crippen molar-refractivity contribution in [2.24, 2.45) is 0 Å². The van der Waals surface area contributed by atoms with Gasteiger partial charge in [0.1, 0.15) is 0 Å². The summed E-state index contributed by atoms with van der Waals surface area (Å²) in [4.78, 5) is 27.6. The Bertz CT molecular complexity index is 820. The molecule has 0 aliphatic carbocycles. The Kier molecular flexibility index (Phi) is 6.79. The average molecular weight is 395 g/mol. The first kappa shape index (κ1) is 19.8. The third-order valence-corrected chi connectivity index (χ3v) is 5.22. The number of ether oxygens (including phenoxy) is 1. The topological polar surface area (TPSA) is 79.4 Å². The first-order valence-electron chi connectivity index (χ1n) is 9.62. The highest BCUT2D eigenvalue weighted by molar-refractivity contribution is 6.31. The predicted molar refractivity (Wildman–Crippen MR) is 107 cm³/mol. The zero-order valence-corrected chi connectivity index (χ0v) is 16.4. The van der Waals surface area contributed by atoms with Gasteiger partial charge in [-0.3, -0.25) is 4.57 Å². The summed E-state index contributed by atoms with van der Waals surface area (Å²) in [6, 6.07) is 5.79. The number of fused-ring (bicyclic) bond motifs is 1. The standard InChI is InChI=1S/C12H14ClN3O.C7H13NO2/c13-8-1-2-10-11(7-8)16(12(17)15-10)9-3-5-14-6-4-9;1-2-10-7(9)8-5-3-4-6-8/h1-2,7,9,14H,3-6H2,(H,15,17);2-6H2,1H3. The molecule has 148 valence electrons. The summed E-state index contributed by atoms with van der Waals surface area (Å²) in [7, 11) is 0. The number of hydrogen-bond acceptors (Lipinski definition) is 4. The minimum absolute atomic E-state index is 0.0332. The number of aromatic nitrogens is 2. The van der Waals surface area contributed by atoms with Crippen LogP contribution in [-0.4, -0.2) is 53.3 Å². The quantitative estimate of drug-likeness (QED) is 0.820. The van der Waals surface area contributed by atoms with Crippen LogP contribution in [0.25, 0.3) is 11.0 Å². The lowest BCUT2D eigenvalue weighted by Crippen LogP contribution is -2.33. The van der Waals surface area contributed by atoms with Crippen LogP contribution in [-0.2, 0) is 4.74 Å². The van der Waals surface area contributed by atoms with E-state index < -0.39 is 0 Å². The lowest BCUT2D eigenvalue weighted by atomic mass is 10.1. The number of imidazole rings is 1. The van der Waals surface area contributed by atoms with E-state index in [4.69, 9.17) is 16.3 Å². The summed E-state index contributed by atoms with van der Waals surface area (Å²) >= 11 is 6.00. The highest BCUT2D eigenvalue weighted by Crippen LogP contribution is 2.23. The normalized spacial score (nSPS) is 17.6. The van der Waals surface area contributed by atoms with Gasteiger partial charge < -0.3 is 19.9 Å². The smallest absolute Gasteiger partial charge is 0.409 e. The maximum Gasteiger partial charge on any atom is 0.409 e. The minimum Gasteiger partial charge on any atom is -0.450 e. The number of piperidine rings is 1. The third kappa shape index (κ3) is 4.84. The van der Waals surface area contributed by atoms with Crippen LogP contribution in [0.1, 0.15) is 38.6 Å². The van der Waals surface area contributed by atoms with Crippen LogP contribution >= 0.6 is 11.6 Å². The molecule has 2 aromatic rings. The summed E-state index contributed by atoms with van der Waals surface area (Å²) in [6.07, 6.45) is 4.07. The van der Waals surface area contributed by atoms with Gasteiger partial charge in [0, 0.05) is 24.2 Å². The van der Waals surface area contributed by atoms with Crippen molar-refractivity contribution in [1.29, 1.82) is 0 Å². The van der Waals surface area contributed by atoms with Gasteiger partial charge in [-0.2, -0.15) is 0 Å². The Balaban J connectivity index is 0.000000180. The van der Waals surface area contributed by atoms with Crippen molar-refractivity contribution in [3.05, 3.63) is 33.7 Å². The van der Waals surface area contributed by atoms with E-state index in [1.807, 2.05) is 23.6 Å². The number of benzene rings is 1. The van der Waals surface area contributed by atoms with E-state index in [0.717, 1.165) is 62.9 Å². The Labute approximate surface area is 163 Å². The molecule has 0 spiro atoms. The number of carbonyl (C=O) groups is 1. The number of nitrogens with one attached hydrogen (secondary N) is 2. The molecule has 3 heterocycles. The van der Waals surface area contributed by atoms with E-state index in [2.05, 4.69) is 10.3 Å². The van der Waals surface area contributed by atoms with Gasteiger partial charge in [0.25, 0.3) is 0 Å². The molecule has 4 rings (SSSR count). The van der Waals surface area contributed by atoms with Gasteiger partial charge in [-0.15, -0.1) is 0 Å². The molecule has 1 aromatic heterocycles. The summed E-state index contributed by atoms with van der Waals surface area (Å²) in [5, 5.41) is 3.97. The fourth-order valence-corrected chi connectivity index (χ4v) is 3.80. The lowest BCUT2D eigenvalue weighted by molar-refractivity contribution is 0.116. The number of halogens is 1. The van der Waals surface area contributed by atoms with E-state index in [1.54, 1.807) is 11.0 Å². The molecule has 7 nitrogen and oxygen atoms in total. The number of aromatic amines is 1. The monoisotopic (exact) mass is 394 g/mol. The van der Waals surface area contributed by atoms with Crippen LogP contribution in [0.2, 0.25) is 5.02 Å². The Hall–Kier alpha value is -1.99. The maximum atomic E-state index is 12.0. The molecule has 2 N–H and O–H groups in total. The first-order valence-corrected chi connectivity index (χ1v) is 10.00. The van der Waals surface area contributed by atoms with Crippen molar-refractivity contribution in [2.75, 3.05) is 32.8 Å². The van der Waals surface area contributed by atoms with E-state index in [1.165, 1.54) is 0 Å². The van der Waals surface area contributed by atoms with Gasteiger partial charge in [0.05, 0.1) is 17.6 Å². The van der Waals surface area contributed by atoms with E-state index in [9.17, 15) is 9.59 Å². The van der Waals surface area contributed by atoms with E-state index in [-0.39, 0.29) is 17.8 Å². The Morgan fingerprint density at radius 2 is 1.96 bits per heavy atom. The van der Waals surface area contributed by atoms with Gasteiger partial charge in [0.15, 0.2) is 0 Å². The van der Waals surface area contributed by atoms with E-state index >= 15 is 0 Å². The molecular weight excluding hydrogens is 368 g/mol. The predicted octanol–water partition coefficient (Wildman–Crippen LogP) is 3.15. The van der Waals surface area contributed by atoms with Crippen molar-refractivity contribution < 1.29 is 9.53 Å². The highest BCUT2D eigenvalue weighted by atomic mass is 35.5. The summed E-state index contributed by atoms with van der Waals surface area (Å²) in [5.74, 6) is 0. The number of H-pyrrole nitrogens is 1. The van der Waals surface area contributed by atoms with Crippen molar-refractivity contribution in [1.82, 2.24) is 19.8 Å². The number of amides is 1. The second-order valence-electron chi connectivity index (χ2n) is 6.84. The van der Waals surface area contributed by atoms with Crippen LogP contribution < -0.4 is 11.0 Å². The SMILES string of the molecule is CCOC(=O)N1CCCC1.O=c1[nH]c2ccc(Cl)cc2n1C1CCNCC1. The molecule has 2 aliphatic heterocycles. The molecule has 0 unspecified atom stereocenters. The summed E-state index contributed by atoms with van der Waals surface area (Å²) in [6.45, 7) is 5.98. The average Bonchev–Trinajstić information content (AvgIpc) is 3.30. The van der Waals surface area contributed by atoms with Gasteiger partial charge in [-0.05, 0) is 63.9 Å². The molecule has 2 fully saturated rings. The zero-order valence-electron chi connectivity index (χ0n) is 15.7. The molecule has 2 saturated heterocycles. The van der Waals surface area contributed by atoms with Crippen LogP contribution in [0.3, 0.4) is 0 Å². The van der Waals surface area contributed by atoms with Crippen LogP contribution in [0.4, 0.5) is 4.79 Å². The largest absolute Gasteiger partial charge is 0.450 e. The molecular formula is C19H27ClN4O3. The fraction of sp³-hybridized carbons (Fsp3) is 0.579. The van der Waals surface area contributed by atoms with Gasteiger partial charge in [-0.1, -0.05) is 11.6 Å². The number of hydrogen-bond donors (Lipinski definition) is 2. The summed E-state index contributed by atoms with van der Waals surface area (Å²) in [5.41, 5.74) is 1.74. The van der Waals surface area contributed by atoms with Crippen molar-refractivity contribution in [2.45, 2.75) is 38.6 Å². The summed E-state index contributed by atoms with van der Waals surface area (Å²) < 4.78 is 6.66. The van der Waals surface area contributed by atoms with Crippen molar-refractivity contribution in [3.63, 3.8) is 0 Å². The molecule has 27 heavy (non-hydrogen) atoms. The number of nitrogens with zero attached hydrogens (tertiary/aromatic N) is 2. The molecule has 0 saturated carbocycles. The molecule has 0 bridgehead atoms. The zero-order chi connectivity index (χ0) is 19.2. The Morgan fingerprint density at radius 3 is 2.63 bits per heavy atom. The van der Waals surface area contributed by atoms with Gasteiger partial charge in [-0.25, -0.2) is 9.59 Å². The van der Waals surface area contributed by atoms with Gasteiger partial charge in [0.2, 0.25) is 0 Å². The second-order valence-corrected chi connectivity index (χ2v) is 7.27. The van der Waals surface area contributed by atoms with Crippen LogP contribution in [0, 0.1) is 0 Å². The second kappa shape index (κ2) is 9.28. The Morgan fingerprint density at radius 1 is 1.26 bits per heavy atom. The minimum atomic E-state index is -0.153. The molecule has 1 amide bonds. The van der Waals surface area contributed by atoms with Crippen LogP contribution in [0.15, 0.2) is 23.0 Å². The van der Waals surface area contributed by atoms with Gasteiger partial charge >= 0.3 is 11.8 Å². The first-order chi connectivity index (χ1) is 13.1. The van der Waals surface area contributed by atoms with Crippen molar-refractivity contribution >= 4 is 28.7 Å². The number of rotatable bonds is 2. The highest BCUT2D eigenvalue weighted by Gasteiger charge is 2.19. The number of likely N-dealkylation sites (tertiary alicyclic amines) is 1. The molecule has 1 aromatic carbocycles. The fourth-order valence-electron chi connectivity index (χ4n) is 3.64. The maximum absolute atomic E-state index is 12.0. The molecule has 0 radical (unpaired) electrons. The van der Waals surface area contributed by atoms with Crippen LogP contribution in [0.5, 0.6) is 0 Å². The van der Waals surface area contributed by atoms with Crippen molar-refractivity contribution in [3.8, 4) is 0 Å².